The molecule has 0 saturated carbocycles. The lowest BCUT2D eigenvalue weighted by Gasteiger charge is -2.14. The number of H-pyrrole nitrogens is 1. The molecule has 1 aromatic carbocycles. The molecule has 0 unspecified atom stereocenters. The van der Waals surface area contributed by atoms with Crippen LogP contribution in [0.5, 0.6) is 0 Å². The first-order chi connectivity index (χ1) is 16.3. The summed E-state index contributed by atoms with van der Waals surface area (Å²) in [5.41, 5.74) is 9.18. The zero-order valence-corrected chi connectivity index (χ0v) is 19.3. The van der Waals surface area contributed by atoms with Crippen molar-refractivity contribution in [1.82, 2.24) is 14.9 Å². The van der Waals surface area contributed by atoms with Gasteiger partial charge in [0.2, 0.25) is 5.91 Å². The third-order valence-electron chi connectivity index (χ3n) is 5.30. The Hall–Kier alpha value is -3.72. The molecule has 5 N–H and O–H groups in total. The van der Waals surface area contributed by atoms with Crippen molar-refractivity contribution in [1.29, 1.82) is 0 Å². The molecule has 0 bridgehead atoms. The second kappa shape index (κ2) is 13.7. The number of nitrogens with zero attached hydrogens (tertiary/aromatic N) is 2. The lowest BCUT2D eigenvalue weighted by atomic mass is 10.0. The summed E-state index contributed by atoms with van der Waals surface area (Å²) in [6.07, 6.45) is 8.81. The van der Waals surface area contributed by atoms with Gasteiger partial charge in [0, 0.05) is 49.0 Å². The number of para-hydroxylation sites is 1. The molecule has 3 rings (SSSR count). The van der Waals surface area contributed by atoms with E-state index in [0.717, 1.165) is 23.9 Å². The second-order valence-corrected chi connectivity index (χ2v) is 8.11. The number of benzene rings is 1. The van der Waals surface area contributed by atoms with Gasteiger partial charge in [-0.25, -0.2) is 0 Å². The van der Waals surface area contributed by atoms with Crippen LogP contribution < -0.4 is 5.73 Å². The van der Waals surface area contributed by atoms with E-state index in [-0.39, 0.29) is 24.9 Å². The lowest BCUT2D eigenvalue weighted by Crippen LogP contribution is -2.31. The third kappa shape index (κ3) is 9.41. The number of carboxylic acids is 2. The van der Waals surface area contributed by atoms with Crippen LogP contribution in [0.2, 0.25) is 0 Å². The lowest BCUT2D eigenvalue weighted by molar-refractivity contribution is -0.143. The molecular formula is C25H32N4O5. The number of aromatic nitrogens is 2. The fourth-order valence-corrected chi connectivity index (χ4v) is 3.48. The molecule has 9 nitrogen and oxygen atoms in total. The van der Waals surface area contributed by atoms with Crippen molar-refractivity contribution in [3.05, 3.63) is 66.1 Å². The fraction of sp³-hybridized carbons (Fsp3) is 0.360. The number of nitrogens with two attached hydrogens (primary N) is 1. The Kier molecular flexibility index (Phi) is 10.7. The minimum atomic E-state index is -0.991. The van der Waals surface area contributed by atoms with E-state index >= 15 is 0 Å². The number of hydrogen-bond donors (Lipinski definition) is 4. The van der Waals surface area contributed by atoms with Crippen LogP contribution in [0.1, 0.15) is 36.8 Å². The van der Waals surface area contributed by atoms with Crippen molar-refractivity contribution >= 4 is 28.7 Å². The highest BCUT2D eigenvalue weighted by molar-refractivity contribution is 5.83. The highest BCUT2D eigenvalue weighted by Gasteiger charge is 2.11. The van der Waals surface area contributed by atoms with Crippen LogP contribution >= 0.6 is 0 Å². The van der Waals surface area contributed by atoms with Gasteiger partial charge in [-0.15, -0.1) is 0 Å². The van der Waals surface area contributed by atoms with E-state index in [1.165, 1.54) is 22.9 Å². The monoisotopic (exact) mass is 468 g/mol. The smallest absolute Gasteiger partial charge is 0.323 e. The number of fused-ring (bicyclic) bond motifs is 1. The van der Waals surface area contributed by atoms with Crippen LogP contribution in [0, 0.1) is 0 Å². The predicted octanol–water partition coefficient (Wildman–Crippen LogP) is 2.85. The van der Waals surface area contributed by atoms with Crippen LogP contribution in [-0.2, 0) is 27.2 Å². The molecule has 1 amide bonds. The summed E-state index contributed by atoms with van der Waals surface area (Å²) in [4.78, 5) is 40.8. The number of pyridine rings is 1. The van der Waals surface area contributed by atoms with Gasteiger partial charge in [-0.3, -0.25) is 19.4 Å². The number of aromatic amines is 1. The van der Waals surface area contributed by atoms with E-state index in [0.29, 0.717) is 19.3 Å². The molecule has 0 aliphatic rings. The Morgan fingerprint density at radius 3 is 2.44 bits per heavy atom. The molecule has 2 aromatic heterocycles. The Morgan fingerprint density at radius 2 is 1.76 bits per heavy atom. The van der Waals surface area contributed by atoms with Gasteiger partial charge < -0.3 is 25.8 Å². The van der Waals surface area contributed by atoms with Crippen molar-refractivity contribution in [2.45, 2.75) is 44.6 Å². The standard InChI is InChI=1S/C13H16N2O2.C12H16N2O3/c14-10(7-13(16)17)6-5-9-8-15-12-4-2-1-3-11(9)12;1-14(9-12(16)17)11(15)4-2-3-10-5-7-13-8-6-10/h1-4,8,10,15H,5-7,14H2,(H,16,17);5-8H,2-4,9H2,1H3,(H,16,17)/t10-;/m1./s1. The van der Waals surface area contributed by atoms with Gasteiger partial charge in [-0.2, -0.15) is 0 Å². The summed E-state index contributed by atoms with van der Waals surface area (Å²) in [6.45, 7) is -0.242. The quantitative estimate of drug-likeness (QED) is 0.338. The number of amides is 1. The maximum Gasteiger partial charge on any atom is 0.323 e. The van der Waals surface area contributed by atoms with Crippen LogP contribution in [0.15, 0.2) is 55.0 Å². The average molecular weight is 469 g/mol. The number of hydrogen-bond acceptors (Lipinski definition) is 5. The maximum atomic E-state index is 11.5. The molecule has 0 fully saturated rings. The minimum absolute atomic E-state index is 0.0301. The topological polar surface area (TPSA) is 150 Å². The fourth-order valence-electron chi connectivity index (χ4n) is 3.48. The highest BCUT2D eigenvalue weighted by atomic mass is 16.4. The zero-order valence-electron chi connectivity index (χ0n) is 19.3. The first-order valence-electron chi connectivity index (χ1n) is 11.1. The molecular weight excluding hydrogens is 436 g/mol. The Balaban J connectivity index is 0.000000240. The van der Waals surface area contributed by atoms with Crippen LogP contribution in [0.3, 0.4) is 0 Å². The number of carboxylic acid groups (broad SMARTS) is 2. The molecule has 1 atom stereocenters. The van der Waals surface area contributed by atoms with Crippen LogP contribution in [0.4, 0.5) is 0 Å². The van der Waals surface area contributed by atoms with Gasteiger partial charge in [-0.1, -0.05) is 18.2 Å². The van der Waals surface area contributed by atoms with Crippen LogP contribution in [0.25, 0.3) is 10.9 Å². The van der Waals surface area contributed by atoms with Gasteiger partial charge in [0.15, 0.2) is 0 Å². The van der Waals surface area contributed by atoms with Gasteiger partial charge >= 0.3 is 11.9 Å². The van der Waals surface area contributed by atoms with Crippen molar-refractivity contribution in [3.63, 3.8) is 0 Å². The number of carbonyl (C=O) groups excluding carboxylic acids is 1. The number of aryl methyl sites for hydroxylation is 2. The number of nitrogens with one attached hydrogen (secondary N) is 1. The van der Waals surface area contributed by atoms with E-state index in [1.54, 1.807) is 12.4 Å². The van der Waals surface area contributed by atoms with Crippen molar-refractivity contribution in [2.24, 2.45) is 5.73 Å². The van der Waals surface area contributed by atoms with E-state index in [1.807, 2.05) is 36.5 Å². The van der Waals surface area contributed by atoms with Gasteiger partial charge in [0.25, 0.3) is 0 Å². The molecule has 0 aliphatic carbocycles. The Morgan fingerprint density at radius 1 is 1.06 bits per heavy atom. The zero-order chi connectivity index (χ0) is 24.9. The Labute approximate surface area is 198 Å². The summed E-state index contributed by atoms with van der Waals surface area (Å²) in [7, 11) is 1.50. The highest BCUT2D eigenvalue weighted by Crippen LogP contribution is 2.19. The summed E-state index contributed by atoms with van der Waals surface area (Å²) >= 11 is 0. The minimum Gasteiger partial charge on any atom is -0.481 e. The van der Waals surface area contributed by atoms with Crippen molar-refractivity contribution in [3.8, 4) is 0 Å². The number of rotatable bonds is 11. The van der Waals surface area contributed by atoms with E-state index in [2.05, 4.69) is 16.0 Å². The predicted molar refractivity (Wildman–Crippen MR) is 129 cm³/mol. The summed E-state index contributed by atoms with van der Waals surface area (Å²) in [6, 6.07) is 11.6. The van der Waals surface area contributed by atoms with E-state index in [9.17, 15) is 14.4 Å². The molecule has 0 spiro atoms. The molecule has 0 radical (unpaired) electrons. The normalized spacial score (nSPS) is 11.4. The first-order valence-corrected chi connectivity index (χ1v) is 11.1. The second-order valence-electron chi connectivity index (χ2n) is 8.11. The van der Waals surface area contributed by atoms with E-state index in [4.69, 9.17) is 15.9 Å². The third-order valence-corrected chi connectivity index (χ3v) is 5.30. The SMILES string of the molecule is CN(CC(=O)O)C(=O)CCCc1ccncc1.N[C@H](CCc1c[nH]c2ccccc12)CC(=O)O. The maximum absolute atomic E-state index is 11.5. The molecule has 182 valence electrons. The first kappa shape index (κ1) is 26.5. The summed E-state index contributed by atoms with van der Waals surface area (Å²) < 4.78 is 0. The van der Waals surface area contributed by atoms with Gasteiger partial charge in [0.05, 0.1) is 6.42 Å². The van der Waals surface area contributed by atoms with Gasteiger partial charge in [0.1, 0.15) is 6.54 Å². The molecule has 2 heterocycles. The summed E-state index contributed by atoms with van der Waals surface area (Å²) in [5.74, 6) is -1.96. The van der Waals surface area contributed by atoms with Crippen molar-refractivity contribution < 1.29 is 24.6 Å². The molecule has 34 heavy (non-hydrogen) atoms. The molecule has 0 aliphatic heterocycles. The van der Waals surface area contributed by atoms with E-state index < -0.39 is 11.9 Å². The molecule has 3 aromatic rings. The van der Waals surface area contributed by atoms with Crippen LogP contribution in [-0.4, -0.2) is 62.6 Å². The van der Waals surface area contributed by atoms with Gasteiger partial charge in [-0.05, 0) is 55.0 Å². The summed E-state index contributed by atoms with van der Waals surface area (Å²) in [5, 5.41) is 18.4. The average Bonchev–Trinajstić information content (AvgIpc) is 3.21. The largest absolute Gasteiger partial charge is 0.481 e. The Bertz CT molecular complexity index is 1070. The number of carbonyl (C=O) groups is 3. The number of aliphatic carboxylic acids is 2. The van der Waals surface area contributed by atoms with Crippen molar-refractivity contribution in [2.75, 3.05) is 13.6 Å². The molecule has 9 heteroatoms. The molecule has 0 saturated heterocycles. The number of likely N-dealkylation sites (N-methyl/N-ethyl adjacent to an activating group) is 1.